The van der Waals surface area contributed by atoms with E-state index in [0.29, 0.717) is 5.69 Å². The van der Waals surface area contributed by atoms with Gasteiger partial charge in [0.1, 0.15) is 5.82 Å². The second-order valence-corrected chi connectivity index (χ2v) is 5.01. The third-order valence-electron chi connectivity index (χ3n) is 3.84. The fourth-order valence-electron chi connectivity index (χ4n) is 2.65. The van der Waals surface area contributed by atoms with Crippen molar-refractivity contribution >= 4 is 11.4 Å². The molecule has 0 bridgehead atoms. The van der Waals surface area contributed by atoms with Gasteiger partial charge >= 0.3 is 0 Å². The van der Waals surface area contributed by atoms with E-state index in [2.05, 4.69) is 6.92 Å². The van der Waals surface area contributed by atoms with Crippen molar-refractivity contribution in [2.24, 2.45) is 5.92 Å². The minimum atomic E-state index is -0.665. The number of rotatable bonds is 2. The molecule has 0 saturated carbocycles. The lowest BCUT2D eigenvalue weighted by Gasteiger charge is -2.24. The van der Waals surface area contributed by atoms with E-state index >= 15 is 0 Å². The normalized spacial score (nSPS) is 20.8. The maximum absolute atomic E-state index is 13.4. The summed E-state index contributed by atoms with van der Waals surface area (Å²) >= 11 is 0. The van der Waals surface area contributed by atoms with E-state index in [9.17, 15) is 8.78 Å². The van der Waals surface area contributed by atoms with Crippen molar-refractivity contribution in [2.75, 3.05) is 23.7 Å². The molecule has 2 rings (SSSR count). The molecule has 1 fully saturated rings. The SMILES string of the molecule is CCC1CCCN(c2cc(F)cc(F)c2N)CC1. The summed E-state index contributed by atoms with van der Waals surface area (Å²) in [6, 6.07) is 2.18. The lowest BCUT2D eigenvalue weighted by Crippen LogP contribution is -2.25. The van der Waals surface area contributed by atoms with Crippen LogP contribution in [0.15, 0.2) is 12.1 Å². The highest BCUT2D eigenvalue weighted by Gasteiger charge is 2.19. The Morgan fingerprint density at radius 2 is 2.06 bits per heavy atom. The average molecular weight is 254 g/mol. The van der Waals surface area contributed by atoms with Crippen LogP contribution in [0.4, 0.5) is 20.2 Å². The van der Waals surface area contributed by atoms with E-state index in [1.165, 1.54) is 18.9 Å². The first-order valence-electron chi connectivity index (χ1n) is 6.61. The molecule has 1 aromatic carbocycles. The average Bonchev–Trinajstić information content (AvgIpc) is 2.59. The Hall–Kier alpha value is -1.32. The largest absolute Gasteiger partial charge is 0.395 e. The Morgan fingerprint density at radius 1 is 1.28 bits per heavy atom. The first-order valence-corrected chi connectivity index (χ1v) is 6.61. The molecule has 1 unspecified atom stereocenters. The third-order valence-corrected chi connectivity index (χ3v) is 3.84. The molecule has 0 aliphatic carbocycles. The molecule has 0 amide bonds. The number of nitrogens with zero attached hydrogens (tertiary/aromatic N) is 1. The molecule has 2 nitrogen and oxygen atoms in total. The van der Waals surface area contributed by atoms with Gasteiger partial charge in [0.25, 0.3) is 0 Å². The minimum Gasteiger partial charge on any atom is -0.395 e. The molecule has 100 valence electrons. The number of nitrogen functional groups attached to an aromatic ring is 1. The number of hydrogen-bond donors (Lipinski definition) is 1. The minimum absolute atomic E-state index is 0.0614. The lowest BCUT2D eigenvalue weighted by atomic mass is 9.98. The molecule has 1 atom stereocenters. The summed E-state index contributed by atoms with van der Waals surface area (Å²) in [5.41, 5.74) is 6.28. The summed E-state index contributed by atoms with van der Waals surface area (Å²) in [6.07, 6.45) is 4.47. The Morgan fingerprint density at radius 3 is 2.78 bits per heavy atom. The van der Waals surface area contributed by atoms with Gasteiger partial charge in [-0.05, 0) is 31.2 Å². The van der Waals surface area contributed by atoms with Crippen LogP contribution < -0.4 is 10.6 Å². The van der Waals surface area contributed by atoms with Crippen molar-refractivity contribution in [3.63, 3.8) is 0 Å². The molecular weight excluding hydrogens is 234 g/mol. The van der Waals surface area contributed by atoms with Crippen LogP contribution >= 0.6 is 0 Å². The number of halogens is 2. The Balaban J connectivity index is 2.21. The summed E-state index contributed by atoms with van der Waals surface area (Å²) < 4.78 is 26.7. The number of benzene rings is 1. The molecule has 0 aromatic heterocycles. The molecule has 0 spiro atoms. The van der Waals surface area contributed by atoms with Gasteiger partial charge < -0.3 is 10.6 Å². The second-order valence-electron chi connectivity index (χ2n) is 5.01. The van der Waals surface area contributed by atoms with Crippen molar-refractivity contribution < 1.29 is 8.78 Å². The van der Waals surface area contributed by atoms with Gasteiger partial charge in [0.2, 0.25) is 0 Å². The predicted molar refractivity (Wildman–Crippen MR) is 70.6 cm³/mol. The molecular formula is C14H20F2N2. The van der Waals surface area contributed by atoms with Crippen molar-refractivity contribution in [3.05, 3.63) is 23.8 Å². The van der Waals surface area contributed by atoms with Gasteiger partial charge in [-0.25, -0.2) is 8.78 Å². The lowest BCUT2D eigenvalue weighted by molar-refractivity contribution is 0.459. The van der Waals surface area contributed by atoms with E-state index in [1.807, 2.05) is 4.90 Å². The zero-order valence-electron chi connectivity index (χ0n) is 10.8. The van der Waals surface area contributed by atoms with Gasteiger partial charge in [-0.15, -0.1) is 0 Å². The first-order chi connectivity index (χ1) is 8.61. The van der Waals surface area contributed by atoms with Gasteiger partial charge in [-0.3, -0.25) is 0 Å². The highest BCUT2D eigenvalue weighted by Crippen LogP contribution is 2.30. The van der Waals surface area contributed by atoms with E-state index < -0.39 is 11.6 Å². The van der Waals surface area contributed by atoms with Crippen LogP contribution in [0, 0.1) is 17.6 Å². The monoisotopic (exact) mass is 254 g/mol. The Labute approximate surface area is 107 Å². The Bertz CT molecular complexity index is 421. The van der Waals surface area contributed by atoms with Crippen LogP contribution in [0.5, 0.6) is 0 Å². The molecule has 18 heavy (non-hydrogen) atoms. The quantitative estimate of drug-likeness (QED) is 0.818. The van der Waals surface area contributed by atoms with Crippen molar-refractivity contribution in [2.45, 2.75) is 32.6 Å². The van der Waals surface area contributed by atoms with Gasteiger partial charge in [0.15, 0.2) is 5.82 Å². The molecule has 1 aromatic rings. The van der Waals surface area contributed by atoms with Crippen molar-refractivity contribution in [3.8, 4) is 0 Å². The van der Waals surface area contributed by atoms with Crippen LogP contribution in [-0.2, 0) is 0 Å². The molecule has 0 radical (unpaired) electrons. The fourth-order valence-corrected chi connectivity index (χ4v) is 2.65. The zero-order valence-corrected chi connectivity index (χ0v) is 10.8. The number of hydrogen-bond acceptors (Lipinski definition) is 2. The number of nitrogens with two attached hydrogens (primary N) is 1. The van der Waals surface area contributed by atoms with Crippen LogP contribution in [0.3, 0.4) is 0 Å². The summed E-state index contributed by atoms with van der Waals surface area (Å²) in [4.78, 5) is 2.01. The summed E-state index contributed by atoms with van der Waals surface area (Å²) in [5, 5.41) is 0. The van der Waals surface area contributed by atoms with Crippen LogP contribution in [0.25, 0.3) is 0 Å². The van der Waals surface area contributed by atoms with Crippen LogP contribution in [0.2, 0.25) is 0 Å². The van der Waals surface area contributed by atoms with Gasteiger partial charge in [0.05, 0.1) is 11.4 Å². The highest BCUT2D eigenvalue weighted by molar-refractivity contribution is 5.68. The standard InChI is InChI=1S/C14H20F2N2/c1-2-10-4-3-6-18(7-5-10)13-9-11(15)8-12(16)14(13)17/h8-10H,2-7,17H2,1H3. The van der Waals surface area contributed by atoms with E-state index in [4.69, 9.17) is 5.73 Å². The summed E-state index contributed by atoms with van der Waals surface area (Å²) in [7, 11) is 0. The van der Waals surface area contributed by atoms with Crippen molar-refractivity contribution in [1.82, 2.24) is 0 Å². The van der Waals surface area contributed by atoms with Gasteiger partial charge in [-0.2, -0.15) is 0 Å². The second kappa shape index (κ2) is 5.55. The topological polar surface area (TPSA) is 29.3 Å². The van der Waals surface area contributed by atoms with E-state index in [0.717, 1.165) is 37.9 Å². The van der Waals surface area contributed by atoms with E-state index in [-0.39, 0.29) is 5.69 Å². The summed E-state index contributed by atoms with van der Waals surface area (Å²) in [6.45, 7) is 3.84. The van der Waals surface area contributed by atoms with Gasteiger partial charge in [-0.1, -0.05) is 13.3 Å². The van der Waals surface area contributed by atoms with Crippen LogP contribution in [-0.4, -0.2) is 13.1 Å². The zero-order chi connectivity index (χ0) is 13.1. The molecule has 1 aliphatic rings. The number of anilines is 2. The molecule has 1 aliphatic heterocycles. The molecule has 2 N–H and O–H groups in total. The fraction of sp³-hybridized carbons (Fsp3) is 0.571. The summed E-state index contributed by atoms with van der Waals surface area (Å²) in [5.74, 6) is -0.510. The molecule has 4 heteroatoms. The maximum Gasteiger partial charge on any atom is 0.151 e. The van der Waals surface area contributed by atoms with E-state index in [1.54, 1.807) is 0 Å². The molecule has 1 saturated heterocycles. The third kappa shape index (κ3) is 2.74. The highest BCUT2D eigenvalue weighted by atomic mass is 19.1. The van der Waals surface area contributed by atoms with Crippen LogP contribution in [0.1, 0.15) is 32.6 Å². The van der Waals surface area contributed by atoms with Gasteiger partial charge in [0, 0.05) is 19.2 Å². The first kappa shape index (κ1) is 13.1. The Kier molecular flexibility index (Phi) is 4.04. The maximum atomic E-state index is 13.4. The predicted octanol–water partition coefficient (Wildman–Crippen LogP) is 3.56. The molecule has 1 heterocycles. The smallest absolute Gasteiger partial charge is 0.151 e. The van der Waals surface area contributed by atoms with Crippen molar-refractivity contribution in [1.29, 1.82) is 0 Å².